The van der Waals surface area contributed by atoms with Crippen molar-refractivity contribution >= 4 is 29.5 Å². The Balaban J connectivity index is 3.15. The van der Waals surface area contributed by atoms with Crippen LogP contribution in [-0.4, -0.2) is 31.3 Å². The van der Waals surface area contributed by atoms with E-state index < -0.39 is 5.97 Å². The number of ether oxygens (including phenoxy) is 1. The Kier molecular flexibility index (Phi) is 5.09. The van der Waals surface area contributed by atoms with Crippen LogP contribution < -0.4 is 5.73 Å². The van der Waals surface area contributed by atoms with E-state index in [-0.39, 0.29) is 16.6 Å². The Morgan fingerprint density at radius 2 is 2.39 bits per heavy atom. The molecule has 2 N–H and O–H groups in total. The Hall–Kier alpha value is -1.62. The van der Waals surface area contributed by atoms with Crippen molar-refractivity contribution in [3.63, 3.8) is 0 Å². The number of halogens is 1. The maximum absolute atomic E-state index is 11.5. The molecule has 0 amide bonds. The first-order valence-corrected chi connectivity index (χ1v) is 5.83. The van der Waals surface area contributed by atoms with Gasteiger partial charge in [-0.2, -0.15) is 0 Å². The Morgan fingerprint density at radius 3 is 2.94 bits per heavy atom. The highest BCUT2D eigenvalue weighted by molar-refractivity contribution is 6.35. The van der Waals surface area contributed by atoms with E-state index in [4.69, 9.17) is 17.3 Å². The average Bonchev–Trinajstić information content (AvgIpc) is 2.37. The van der Waals surface area contributed by atoms with Gasteiger partial charge in [0.15, 0.2) is 5.69 Å². The van der Waals surface area contributed by atoms with Crippen LogP contribution in [0.5, 0.6) is 0 Å². The van der Waals surface area contributed by atoms with Gasteiger partial charge in [-0.1, -0.05) is 18.5 Å². The van der Waals surface area contributed by atoms with E-state index in [0.29, 0.717) is 17.8 Å². The normalized spacial score (nSPS) is 12.7. The molecular weight excluding hydrogens is 254 g/mol. The number of nitrogen functional groups attached to an aromatic ring is 1. The van der Waals surface area contributed by atoms with E-state index in [0.717, 1.165) is 0 Å². The molecule has 0 aliphatic carbocycles. The van der Waals surface area contributed by atoms with Gasteiger partial charge in [-0.3, -0.25) is 0 Å². The number of anilines is 1. The molecule has 0 saturated heterocycles. The smallest absolute Gasteiger partial charge is 0.358 e. The molecule has 1 unspecified atom stereocenters. The standard InChI is InChI=1S/C12H16ClN3O2/c1-7(4-5-15-2)9-6-8(14)10(13)11(16-9)12(17)18-3/h5-7H,4H2,1-3H3,(H2,14,16)/b15-5-. The molecule has 0 bridgehead atoms. The van der Waals surface area contributed by atoms with Crippen molar-refractivity contribution in [3.8, 4) is 0 Å². The van der Waals surface area contributed by atoms with Gasteiger partial charge < -0.3 is 15.5 Å². The predicted octanol–water partition coefficient (Wildman–Crippen LogP) is 2.30. The van der Waals surface area contributed by atoms with Crippen molar-refractivity contribution in [2.75, 3.05) is 19.9 Å². The number of carbonyl (C=O) groups is 1. The lowest BCUT2D eigenvalue weighted by molar-refractivity contribution is 0.0594. The minimum Gasteiger partial charge on any atom is -0.464 e. The number of aromatic nitrogens is 1. The van der Waals surface area contributed by atoms with E-state index in [1.54, 1.807) is 19.3 Å². The fourth-order valence-corrected chi connectivity index (χ4v) is 1.61. The first-order valence-electron chi connectivity index (χ1n) is 5.46. The second-order valence-corrected chi connectivity index (χ2v) is 4.25. The van der Waals surface area contributed by atoms with Crippen LogP contribution >= 0.6 is 11.6 Å². The number of methoxy groups -OCH3 is 1. The van der Waals surface area contributed by atoms with Crippen molar-refractivity contribution in [2.24, 2.45) is 4.99 Å². The summed E-state index contributed by atoms with van der Waals surface area (Å²) in [6, 6.07) is 1.67. The summed E-state index contributed by atoms with van der Waals surface area (Å²) >= 11 is 5.93. The second-order valence-electron chi connectivity index (χ2n) is 3.87. The zero-order valence-electron chi connectivity index (χ0n) is 10.6. The van der Waals surface area contributed by atoms with Gasteiger partial charge in [0.05, 0.1) is 17.8 Å². The van der Waals surface area contributed by atoms with Crippen LogP contribution in [-0.2, 0) is 4.74 Å². The number of nitrogens with zero attached hydrogens (tertiary/aromatic N) is 2. The van der Waals surface area contributed by atoms with Crippen molar-refractivity contribution in [1.82, 2.24) is 4.98 Å². The number of rotatable bonds is 4. The highest BCUT2D eigenvalue weighted by Crippen LogP contribution is 2.27. The molecule has 5 nitrogen and oxygen atoms in total. The third-order valence-corrected chi connectivity index (χ3v) is 2.93. The number of aliphatic imine (C=N–C) groups is 1. The van der Waals surface area contributed by atoms with Gasteiger partial charge in [-0.15, -0.1) is 0 Å². The summed E-state index contributed by atoms with van der Waals surface area (Å²) in [4.78, 5) is 19.6. The summed E-state index contributed by atoms with van der Waals surface area (Å²) < 4.78 is 4.62. The van der Waals surface area contributed by atoms with E-state index in [1.807, 2.05) is 6.92 Å². The summed E-state index contributed by atoms with van der Waals surface area (Å²) in [5, 5.41) is 0.127. The van der Waals surface area contributed by atoms with Gasteiger partial charge in [0.1, 0.15) is 0 Å². The average molecular weight is 270 g/mol. The van der Waals surface area contributed by atoms with Gasteiger partial charge >= 0.3 is 5.97 Å². The van der Waals surface area contributed by atoms with Crippen LogP contribution in [0, 0.1) is 0 Å². The summed E-state index contributed by atoms with van der Waals surface area (Å²) in [5.41, 5.74) is 6.83. The number of hydrogen-bond donors (Lipinski definition) is 1. The molecule has 1 aromatic heterocycles. The molecule has 0 spiro atoms. The molecule has 1 rings (SSSR count). The molecule has 6 heteroatoms. The molecule has 0 fully saturated rings. The molecule has 0 radical (unpaired) electrons. The Labute approximate surface area is 111 Å². The van der Waals surface area contributed by atoms with E-state index in [1.165, 1.54) is 7.11 Å². The summed E-state index contributed by atoms with van der Waals surface area (Å²) in [6.07, 6.45) is 2.50. The van der Waals surface area contributed by atoms with Crippen LogP contribution in [0.4, 0.5) is 5.69 Å². The number of pyridine rings is 1. The first kappa shape index (κ1) is 14.4. The van der Waals surface area contributed by atoms with Gasteiger partial charge in [-0.05, 0) is 18.7 Å². The number of hydrogen-bond acceptors (Lipinski definition) is 5. The fourth-order valence-electron chi connectivity index (χ4n) is 1.44. The van der Waals surface area contributed by atoms with Crippen LogP contribution in [0.15, 0.2) is 11.1 Å². The lowest BCUT2D eigenvalue weighted by Crippen LogP contribution is -2.10. The van der Waals surface area contributed by atoms with Crippen LogP contribution in [0.1, 0.15) is 35.4 Å². The predicted molar refractivity (Wildman–Crippen MR) is 72.4 cm³/mol. The SMILES string of the molecule is C/N=C\CC(C)c1cc(N)c(Cl)c(C(=O)OC)n1. The van der Waals surface area contributed by atoms with Crippen LogP contribution in [0.3, 0.4) is 0 Å². The van der Waals surface area contributed by atoms with Gasteiger partial charge in [0, 0.05) is 18.7 Å². The molecule has 1 heterocycles. The van der Waals surface area contributed by atoms with Crippen molar-refractivity contribution in [3.05, 3.63) is 22.5 Å². The van der Waals surface area contributed by atoms with E-state index in [2.05, 4.69) is 14.7 Å². The first-order chi connectivity index (χ1) is 8.51. The fraction of sp³-hybridized carbons (Fsp3) is 0.417. The quantitative estimate of drug-likeness (QED) is 0.672. The molecule has 0 aliphatic rings. The van der Waals surface area contributed by atoms with Crippen molar-refractivity contribution in [1.29, 1.82) is 0 Å². The second kappa shape index (κ2) is 6.35. The Bertz CT molecular complexity index is 475. The largest absolute Gasteiger partial charge is 0.464 e. The minimum absolute atomic E-state index is 0.0504. The summed E-state index contributed by atoms with van der Waals surface area (Å²) in [6.45, 7) is 1.97. The molecule has 0 saturated carbocycles. The lowest BCUT2D eigenvalue weighted by atomic mass is 10.0. The maximum atomic E-state index is 11.5. The van der Waals surface area contributed by atoms with Crippen LogP contribution in [0.25, 0.3) is 0 Å². The van der Waals surface area contributed by atoms with Gasteiger partial charge in [-0.25, -0.2) is 9.78 Å². The van der Waals surface area contributed by atoms with Gasteiger partial charge in [0.25, 0.3) is 0 Å². The monoisotopic (exact) mass is 269 g/mol. The third-order valence-electron chi connectivity index (χ3n) is 2.53. The topological polar surface area (TPSA) is 77.6 Å². The molecule has 0 aromatic carbocycles. The maximum Gasteiger partial charge on any atom is 0.358 e. The van der Waals surface area contributed by atoms with Crippen molar-refractivity contribution in [2.45, 2.75) is 19.3 Å². The molecular formula is C12H16ClN3O2. The highest BCUT2D eigenvalue weighted by Gasteiger charge is 2.18. The summed E-state index contributed by atoms with van der Waals surface area (Å²) in [5.74, 6) is -0.499. The van der Waals surface area contributed by atoms with E-state index >= 15 is 0 Å². The third kappa shape index (κ3) is 3.20. The molecule has 18 heavy (non-hydrogen) atoms. The van der Waals surface area contributed by atoms with Gasteiger partial charge in [0.2, 0.25) is 0 Å². The number of nitrogens with two attached hydrogens (primary N) is 1. The minimum atomic E-state index is -0.593. The van der Waals surface area contributed by atoms with Crippen LogP contribution in [0.2, 0.25) is 5.02 Å². The van der Waals surface area contributed by atoms with Crippen molar-refractivity contribution < 1.29 is 9.53 Å². The molecule has 1 aromatic rings. The summed E-state index contributed by atoms with van der Waals surface area (Å²) in [7, 11) is 2.98. The van der Waals surface area contributed by atoms with E-state index in [9.17, 15) is 4.79 Å². The Morgan fingerprint density at radius 1 is 1.72 bits per heavy atom. The highest BCUT2D eigenvalue weighted by atomic mass is 35.5. The number of esters is 1. The zero-order valence-corrected chi connectivity index (χ0v) is 11.4. The molecule has 0 aliphatic heterocycles. The molecule has 98 valence electrons. The zero-order chi connectivity index (χ0) is 13.7. The lowest BCUT2D eigenvalue weighted by Gasteiger charge is -2.12. The molecule has 1 atom stereocenters. The number of carbonyl (C=O) groups excluding carboxylic acids is 1.